The molecule has 0 heterocycles. The fourth-order valence-corrected chi connectivity index (χ4v) is 0.966. The van der Waals surface area contributed by atoms with E-state index < -0.39 is 27.9 Å². The van der Waals surface area contributed by atoms with Gasteiger partial charge in [0.15, 0.2) is 0 Å². The number of amides is 1. The van der Waals surface area contributed by atoms with Crippen LogP contribution in [0.1, 0.15) is 6.42 Å². The summed E-state index contributed by atoms with van der Waals surface area (Å²) in [7, 11) is -4.03. The normalized spacial score (nSPS) is 11.7. The molecule has 0 bridgehead atoms. The Morgan fingerprint density at radius 1 is 1.46 bits per heavy atom. The molecule has 0 aliphatic rings. The molecular weight excluding hydrogens is 198 g/mol. The molecule has 8 heteroatoms. The standard InChI is InChI=1S/C5H13N3O4S/c6-4(7)3-5(9)8-1-2-13(10,11)12/h4H,1-3,6-7H2,(H,8,9)(H,10,11,12). The fourth-order valence-electron chi connectivity index (χ4n) is 0.606. The fraction of sp³-hybridized carbons (Fsp3) is 0.800. The second-order valence-corrected chi connectivity index (χ2v) is 4.08. The predicted octanol–water partition coefficient (Wildman–Crippen LogP) is -2.38. The molecule has 0 aromatic carbocycles. The molecule has 0 aliphatic carbocycles. The minimum Gasteiger partial charge on any atom is -0.355 e. The number of hydrogen-bond donors (Lipinski definition) is 4. The van der Waals surface area contributed by atoms with Gasteiger partial charge in [-0.15, -0.1) is 0 Å². The first-order valence-electron chi connectivity index (χ1n) is 3.54. The van der Waals surface area contributed by atoms with E-state index in [4.69, 9.17) is 16.0 Å². The van der Waals surface area contributed by atoms with Gasteiger partial charge in [0.1, 0.15) is 0 Å². The molecule has 0 aromatic rings. The third-order valence-electron chi connectivity index (χ3n) is 1.10. The van der Waals surface area contributed by atoms with Crippen molar-refractivity contribution in [2.24, 2.45) is 11.5 Å². The Balaban J connectivity index is 3.61. The number of hydrogen-bond acceptors (Lipinski definition) is 5. The average Bonchev–Trinajstić information content (AvgIpc) is 1.81. The van der Waals surface area contributed by atoms with Crippen molar-refractivity contribution in [2.45, 2.75) is 12.6 Å². The molecule has 0 saturated heterocycles. The number of rotatable bonds is 5. The van der Waals surface area contributed by atoms with E-state index >= 15 is 0 Å². The highest BCUT2D eigenvalue weighted by atomic mass is 32.2. The third kappa shape index (κ3) is 9.21. The van der Waals surface area contributed by atoms with Gasteiger partial charge in [0, 0.05) is 6.54 Å². The number of nitrogens with two attached hydrogens (primary N) is 2. The van der Waals surface area contributed by atoms with Crippen LogP contribution in [0.3, 0.4) is 0 Å². The summed E-state index contributed by atoms with van der Waals surface area (Å²) in [6, 6.07) is 0. The Hall–Kier alpha value is -0.700. The highest BCUT2D eigenvalue weighted by Crippen LogP contribution is 1.82. The smallest absolute Gasteiger partial charge is 0.266 e. The second kappa shape index (κ2) is 5.12. The highest BCUT2D eigenvalue weighted by Gasteiger charge is 2.07. The summed E-state index contributed by atoms with van der Waals surface area (Å²) in [5.41, 5.74) is 10.2. The summed E-state index contributed by atoms with van der Waals surface area (Å²) >= 11 is 0. The lowest BCUT2D eigenvalue weighted by Crippen LogP contribution is -2.38. The summed E-state index contributed by atoms with van der Waals surface area (Å²) in [5, 5.41) is 2.23. The van der Waals surface area contributed by atoms with E-state index in [0.29, 0.717) is 0 Å². The Labute approximate surface area is 76.2 Å². The van der Waals surface area contributed by atoms with E-state index in [1.165, 1.54) is 0 Å². The Morgan fingerprint density at radius 3 is 2.38 bits per heavy atom. The Bertz CT molecular complexity index is 261. The van der Waals surface area contributed by atoms with Crippen molar-refractivity contribution in [3.05, 3.63) is 0 Å². The molecule has 0 aliphatic heterocycles. The van der Waals surface area contributed by atoms with Gasteiger partial charge in [0.05, 0.1) is 18.3 Å². The van der Waals surface area contributed by atoms with Crippen LogP contribution >= 0.6 is 0 Å². The zero-order valence-electron chi connectivity index (χ0n) is 6.93. The van der Waals surface area contributed by atoms with Crippen LogP contribution in [0, 0.1) is 0 Å². The van der Waals surface area contributed by atoms with E-state index in [9.17, 15) is 13.2 Å². The highest BCUT2D eigenvalue weighted by molar-refractivity contribution is 7.85. The molecule has 0 saturated carbocycles. The lowest BCUT2D eigenvalue weighted by Gasteiger charge is -2.05. The maximum atomic E-state index is 10.8. The summed E-state index contributed by atoms with van der Waals surface area (Å²) in [5.74, 6) is -0.961. The molecule has 0 spiro atoms. The van der Waals surface area contributed by atoms with Crippen LogP contribution < -0.4 is 16.8 Å². The lowest BCUT2D eigenvalue weighted by atomic mass is 10.3. The van der Waals surface area contributed by atoms with Crippen molar-refractivity contribution in [2.75, 3.05) is 12.3 Å². The lowest BCUT2D eigenvalue weighted by molar-refractivity contribution is -0.121. The predicted molar refractivity (Wildman–Crippen MR) is 46.2 cm³/mol. The van der Waals surface area contributed by atoms with Crippen LogP contribution in [0.15, 0.2) is 0 Å². The molecule has 1 amide bonds. The molecule has 0 fully saturated rings. The summed E-state index contributed by atoms with van der Waals surface area (Å²) in [6.07, 6.45) is -0.836. The SMILES string of the molecule is NC(N)CC(=O)NCCS(=O)(=O)O. The summed E-state index contributed by atoms with van der Waals surface area (Å²) < 4.78 is 28.7. The number of carbonyl (C=O) groups excluding carboxylic acids is 1. The van der Waals surface area contributed by atoms with E-state index in [2.05, 4.69) is 5.32 Å². The first-order chi connectivity index (χ1) is 5.81. The quantitative estimate of drug-likeness (QED) is 0.296. The Morgan fingerprint density at radius 2 is 2.00 bits per heavy atom. The van der Waals surface area contributed by atoms with E-state index in [1.54, 1.807) is 0 Å². The topological polar surface area (TPSA) is 136 Å². The molecule has 0 rings (SSSR count). The van der Waals surface area contributed by atoms with Gasteiger partial charge in [-0.3, -0.25) is 9.35 Å². The van der Waals surface area contributed by atoms with Gasteiger partial charge in [0.25, 0.3) is 10.1 Å². The minimum absolute atomic E-state index is 0.0779. The first kappa shape index (κ1) is 12.3. The van der Waals surface area contributed by atoms with Crippen LogP contribution in [-0.4, -0.2) is 37.3 Å². The van der Waals surface area contributed by atoms with Crippen molar-refractivity contribution < 1.29 is 17.8 Å². The van der Waals surface area contributed by atoms with Gasteiger partial charge in [-0.1, -0.05) is 0 Å². The number of nitrogens with one attached hydrogen (secondary N) is 1. The molecule has 7 nitrogen and oxygen atoms in total. The zero-order chi connectivity index (χ0) is 10.5. The largest absolute Gasteiger partial charge is 0.355 e. The van der Waals surface area contributed by atoms with Gasteiger partial charge in [-0.05, 0) is 0 Å². The molecule has 0 aromatic heterocycles. The van der Waals surface area contributed by atoms with Crippen LogP contribution in [0.5, 0.6) is 0 Å². The average molecular weight is 211 g/mol. The minimum atomic E-state index is -4.03. The molecular formula is C5H13N3O4S. The molecule has 0 unspecified atom stereocenters. The van der Waals surface area contributed by atoms with E-state index in [1.807, 2.05) is 0 Å². The summed E-state index contributed by atoms with van der Waals surface area (Å²) in [6.45, 7) is -0.148. The monoisotopic (exact) mass is 211 g/mol. The van der Waals surface area contributed by atoms with E-state index in [-0.39, 0.29) is 13.0 Å². The molecule has 0 atom stereocenters. The van der Waals surface area contributed by atoms with Crippen molar-refractivity contribution >= 4 is 16.0 Å². The van der Waals surface area contributed by atoms with E-state index in [0.717, 1.165) is 0 Å². The van der Waals surface area contributed by atoms with Crippen molar-refractivity contribution in [1.82, 2.24) is 5.32 Å². The molecule has 13 heavy (non-hydrogen) atoms. The molecule has 6 N–H and O–H groups in total. The van der Waals surface area contributed by atoms with Gasteiger partial charge in [0.2, 0.25) is 5.91 Å². The number of carbonyl (C=O) groups is 1. The molecule has 0 radical (unpaired) electrons. The molecule has 78 valence electrons. The van der Waals surface area contributed by atoms with Gasteiger partial charge in [-0.25, -0.2) is 0 Å². The van der Waals surface area contributed by atoms with Crippen molar-refractivity contribution in [3.63, 3.8) is 0 Å². The maximum Gasteiger partial charge on any atom is 0.266 e. The third-order valence-corrected chi connectivity index (χ3v) is 1.82. The van der Waals surface area contributed by atoms with Crippen LogP contribution in [0.4, 0.5) is 0 Å². The summed E-state index contributed by atoms with van der Waals surface area (Å²) in [4.78, 5) is 10.8. The van der Waals surface area contributed by atoms with Gasteiger partial charge >= 0.3 is 0 Å². The van der Waals surface area contributed by atoms with Crippen LogP contribution in [0.2, 0.25) is 0 Å². The Kier molecular flexibility index (Phi) is 4.85. The van der Waals surface area contributed by atoms with Gasteiger partial charge in [-0.2, -0.15) is 8.42 Å². The van der Waals surface area contributed by atoms with Crippen LogP contribution in [0.25, 0.3) is 0 Å². The van der Waals surface area contributed by atoms with Gasteiger partial charge < -0.3 is 16.8 Å². The zero-order valence-corrected chi connectivity index (χ0v) is 7.75. The van der Waals surface area contributed by atoms with Crippen molar-refractivity contribution in [3.8, 4) is 0 Å². The first-order valence-corrected chi connectivity index (χ1v) is 5.15. The van der Waals surface area contributed by atoms with Crippen LogP contribution in [-0.2, 0) is 14.9 Å². The maximum absolute atomic E-state index is 10.8. The second-order valence-electron chi connectivity index (χ2n) is 2.50. The van der Waals surface area contributed by atoms with Crippen molar-refractivity contribution in [1.29, 1.82) is 0 Å².